The Morgan fingerprint density at radius 2 is 1.30 bits per heavy atom. The minimum absolute atomic E-state index is 0.0558. The number of aromatic amines is 1. The maximum absolute atomic E-state index is 13.7. The van der Waals surface area contributed by atoms with Crippen molar-refractivity contribution in [3.63, 3.8) is 0 Å². The molecule has 2 saturated heterocycles. The van der Waals surface area contributed by atoms with Gasteiger partial charge in [-0.25, -0.2) is 14.6 Å². The van der Waals surface area contributed by atoms with Crippen LogP contribution in [0.5, 0.6) is 0 Å². The van der Waals surface area contributed by atoms with Crippen LogP contribution in [0.2, 0.25) is 0 Å². The average Bonchev–Trinajstić information content (AvgIpc) is 4.09. The van der Waals surface area contributed by atoms with Crippen LogP contribution in [-0.2, 0) is 25.5 Å². The summed E-state index contributed by atoms with van der Waals surface area (Å²) < 4.78 is 9.58. The number of carbonyl (C=O) groups excluding carboxylic acids is 4. The second-order valence-electron chi connectivity index (χ2n) is 17.2. The van der Waals surface area contributed by atoms with Crippen LogP contribution in [0.1, 0.15) is 88.8 Å². The highest BCUT2D eigenvalue weighted by molar-refractivity contribution is 5.96. The van der Waals surface area contributed by atoms with E-state index in [1.807, 2.05) is 43.7 Å². The summed E-state index contributed by atoms with van der Waals surface area (Å²) in [5, 5.41) is 11.4. The van der Waals surface area contributed by atoms with Crippen molar-refractivity contribution in [2.24, 2.45) is 16.8 Å². The number of fused-ring (bicyclic) bond motifs is 4. The van der Waals surface area contributed by atoms with E-state index in [4.69, 9.17) is 19.5 Å². The second-order valence-corrected chi connectivity index (χ2v) is 17.2. The number of nitrogens with zero attached hydrogens (tertiary/aromatic N) is 4. The molecule has 8 rings (SSSR count). The number of aryl methyl sites for hydroxylation is 1. The lowest BCUT2D eigenvalue weighted by Crippen LogP contribution is -2.54. The molecule has 1 aromatic heterocycles. The zero-order valence-corrected chi connectivity index (χ0v) is 35.3. The number of hydrogen-bond donors (Lipinski definition) is 4. The average molecular weight is 817 g/mol. The molecule has 4 aliphatic rings. The first-order valence-corrected chi connectivity index (χ1v) is 21.3. The van der Waals surface area contributed by atoms with Crippen LogP contribution in [0.3, 0.4) is 0 Å². The summed E-state index contributed by atoms with van der Waals surface area (Å²) in [6.45, 7) is 8.90. The molecule has 4 amide bonds. The molecule has 2 unspecified atom stereocenters. The van der Waals surface area contributed by atoms with Gasteiger partial charge >= 0.3 is 12.2 Å². The van der Waals surface area contributed by atoms with Crippen molar-refractivity contribution < 1.29 is 28.7 Å². The largest absolute Gasteiger partial charge is 0.453 e. The van der Waals surface area contributed by atoms with E-state index in [1.54, 1.807) is 0 Å². The van der Waals surface area contributed by atoms with Gasteiger partial charge in [-0.1, -0.05) is 70.2 Å². The Bertz CT molecular complexity index is 2320. The molecule has 3 aliphatic heterocycles. The molecule has 1 aliphatic carbocycles. The second kappa shape index (κ2) is 17.0. The summed E-state index contributed by atoms with van der Waals surface area (Å²) in [7, 11) is 2.61. The maximum Gasteiger partial charge on any atom is 0.407 e. The standard InChI is InChI=1S/C46H56N8O6/c1-25(2)38(51-45(57)59-5)43(55)53-19-7-9-36(53)41-47-24-35(49-41)32-14-13-28-21-27(11-12-29(28)23-32)30-15-17-33-31(22-30)16-18-34-40(33)50-42(48-34)37-10-8-20-54(37)44(56)39(26(3)4)52-46(58)60-6/h11-15,17,21-26,34,36-40H,7-10,16,18-20H2,1-6H3,(H,47,49)(H,48,50)(H,51,57)(H,52,58)/t34?,36-,37-,38-,39-,40?/m0/s1. The summed E-state index contributed by atoms with van der Waals surface area (Å²) in [6, 6.07) is 18.2. The number of methoxy groups -OCH3 is 2. The van der Waals surface area contributed by atoms with E-state index in [0.29, 0.717) is 13.1 Å². The first-order valence-electron chi connectivity index (χ1n) is 21.3. The topological polar surface area (TPSA) is 170 Å². The molecular weight excluding hydrogens is 761 g/mol. The van der Waals surface area contributed by atoms with E-state index in [2.05, 4.69) is 75.5 Å². The molecule has 14 heteroatoms. The number of carbonyl (C=O) groups is 4. The summed E-state index contributed by atoms with van der Waals surface area (Å²) >= 11 is 0. The fourth-order valence-corrected chi connectivity index (χ4v) is 9.48. The molecule has 6 atom stereocenters. The molecule has 3 aromatic carbocycles. The third kappa shape index (κ3) is 7.91. The van der Waals surface area contributed by atoms with Crippen LogP contribution in [0, 0.1) is 11.8 Å². The molecule has 0 radical (unpaired) electrons. The molecule has 0 spiro atoms. The molecule has 2 fully saturated rings. The fraction of sp³-hybridized carbons (Fsp3) is 0.478. The van der Waals surface area contributed by atoms with E-state index < -0.39 is 24.3 Å². The van der Waals surface area contributed by atoms with Crippen molar-refractivity contribution in [2.75, 3.05) is 27.3 Å². The number of aromatic nitrogens is 2. The third-order valence-electron chi connectivity index (χ3n) is 12.7. The van der Waals surface area contributed by atoms with Crippen LogP contribution in [-0.4, -0.2) is 101 Å². The number of imidazole rings is 1. The highest BCUT2D eigenvalue weighted by Gasteiger charge is 2.43. The quantitative estimate of drug-likeness (QED) is 0.138. The zero-order chi connectivity index (χ0) is 42.2. The van der Waals surface area contributed by atoms with Gasteiger partial charge in [0.1, 0.15) is 23.7 Å². The number of amidine groups is 1. The normalized spacial score (nSPS) is 21.9. The Balaban J connectivity index is 0.948. The highest BCUT2D eigenvalue weighted by Crippen LogP contribution is 2.39. The van der Waals surface area contributed by atoms with Gasteiger partial charge in [0.05, 0.1) is 50.3 Å². The lowest BCUT2D eigenvalue weighted by Gasteiger charge is -2.31. The summed E-state index contributed by atoms with van der Waals surface area (Å²) in [4.78, 5) is 68.5. The molecule has 4 heterocycles. The Morgan fingerprint density at radius 1 is 0.733 bits per heavy atom. The van der Waals surface area contributed by atoms with Gasteiger partial charge < -0.3 is 40.2 Å². The predicted molar refractivity (Wildman–Crippen MR) is 229 cm³/mol. The van der Waals surface area contributed by atoms with E-state index in [9.17, 15) is 19.2 Å². The van der Waals surface area contributed by atoms with Gasteiger partial charge in [-0.05, 0) is 95.5 Å². The molecule has 4 aromatic rings. The SMILES string of the molecule is COC(=O)N[C@H](C(=O)N1CCC[C@H]1C1=NC2CCc3cc(-c4ccc5cc(-c6cnc([C@@H]7CCCN7C(=O)[C@@H](NC(=O)OC)C(C)C)[nH]6)ccc5c4)ccc3C2N1)C(C)C. The molecule has 0 bridgehead atoms. The number of hydrogen-bond acceptors (Lipinski definition) is 9. The van der Waals surface area contributed by atoms with Crippen LogP contribution >= 0.6 is 0 Å². The number of benzene rings is 3. The van der Waals surface area contributed by atoms with E-state index >= 15 is 0 Å². The minimum Gasteiger partial charge on any atom is -0.453 e. The molecular formula is C46H56N8O6. The molecule has 60 heavy (non-hydrogen) atoms. The molecule has 0 saturated carbocycles. The van der Waals surface area contributed by atoms with Crippen molar-refractivity contribution in [3.8, 4) is 22.4 Å². The maximum atomic E-state index is 13.7. The summed E-state index contributed by atoms with van der Waals surface area (Å²) in [5.74, 6) is 1.19. The van der Waals surface area contributed by atoms with Gasteiger partial charge in [0.25, 0.3) is 0 Å². The molecule has 4 N–H and O–H groups in total. The van der Waals surface area contributed by atoms with Gasteiger partial charge in [0.15, 0.2) is 0 Å². The third-order valence-corrected chi connectivity index (χ3v) is 12.7. The zero-order valence-electron chi connectivity index (χ0n) is 35.3. The lowest BCUT2D eigenvalue weighted by molar-refractivity contribution is -0.135. The minimum atomic E-state index is -0.685. The number of alkyl carbamates (subject to hydrolysis) is 2. The number of amides is 4. The highest BCUT2D eigenvalue weighted by atomic mass is 16.5. The monoisotopic (exact) mass is 816 g/mol. The first-order chi connectivity index (χ1) is 28.9. The van der Waals surface area contributed by atoms with E-state index in [-0.39, 0.29) is 47.8 Å². The Morgan fingerprint density at radius 3 is 1.93 bits per heavy atom. The van der Waals surface area contributed by atoms with Gasteiger partial charge in [-0.15, -0.1) is 0 Å². The van der Waals surface area contributed by atoms with Gasteiger partial charge in [-0.2, -0.15) is 0 Å². The molecule has 14 nitrogen and oxygen atoms in total. The van der Waals surface area contributed by atoms with Gasteiger partial charge in [-0.3, -0.25) is 14.6 Å². The fourth-order valence-electron chi connectivity index (χ4n) is 9.48. The number of aliphatic imine (C=N–C) groups is 1. The number of likely N-dealkylation sites (tertiary alicyclic amines) is 2. The summed E-state index contributed by atoms with van der Waals surface area (Å²) in [5.41, 5.74) is 6.77. The molecule has 316 valence electrons. The Kier molecular flexibility index (Phi) is 11.6. The van der Waals surface area contributed by atoms with Gasteiger partial charge in [0.2, 0.25) is 11.8 Å². The van der Waals surface area contributed by atoms with Crippen molar-refractivity contribution in [1.29, 1.82) is 0 Å². The smallest absolute Gasteiger partial charge is 0.407 e. The van der Waals surface area contributed by atoms with Gasteiger partial charge in [0, 0.05) is 18.7 Å². The summed E-state index contributed by atoms with van der Waals surface area (Å²) in [6.07, 6.45) is 5.81. The van der Waals surface area contributed by atoms with Crippen LogP contribution in [0.15, 0.2) is 65.8 Å². The van der Waals surface area contributed by atoms with Crippen molar-refractivity contribution >= 4 is 40.6 Å². The van der Waals surface area contributed by atoms with E-state index in [1.165, 1.54) is 25.3 Å². The predicted octanol–water partition coefficient (Wildman–Crippen LogP) is 6.67. The number of nitrogens with one attached hydrogen (secondary N) is 4. The van der Waals surface area contributed by atoms with Crippen molar-refractivity contribution in [1.82, 2.24) is 35.7 Å². The van der Waals surface area contributed by atoms with Crippen LogP contribution < -0.4 is 16.0 Å². The first kappa shape index (κ1) is 40.8. The Hall–Kier alpha value is -5.92. The van der Waals surface area contributed by atoms with Crippen molar-refractivity contribution in [2.45, 2.75) is 102 Å². The Labute approximate surface area is 350 Å². The lowest BCUT2D eigenvalue weighted by atomic mass is 9.83. The number of ether oxygens (including phenoxy) is 2. The number of rotatable bonds is 10. The van der Waals surface area contributed by atoms with Crippen LogP contribution in [0.4, 0.5) is 9.59 Å². The van der Waals surface area contributed by atoms with E-state index in [0.717, 1.165) is 83.3 Å². The van der Waals surface area contributed by atoms with Crippen LogP contribution in [0.25, 0.3) is 33.2 Å². The number of H-pyrrole nitrogens is 1. The van der Waals surface area contributed by atoms with Crippen molar-refractivity contribution in [3.05, 3.63) is 77.7 Å².